The average molecular weight is 450 g/mol. The summed E-state index contributed by atoms with van der Waals surface area (Å²) in [6, 6.07) is 7.51. The normalized spacial score (nSPS) is 11.6. The Morgan fingerprint density at radius 1 is 0.667 bits per heavy atom. The van der Waals surface area contributed by atoms with Crippen molar-refractivity contribution in [3.63, 3.8) is 0 Å². The van der Waals surface area contributed by atoms with E-state index in [1.165, 1.54) is 0 Å². The van der Waals surface area contributed by atoms with Crippen molar-refractivity contribution in [2.24, 2.45) is 0 Å². The fourth-order valence-corrected chi connectivity index (χ4v) is 3.88. The van der Waals surface area contributed by atoms with Crippen molar-refractivity contribution in [1.82, 2.24) is 0 Å². The van der Waals surface area contributed by atoms with Gasteiger partial charge >= 0.3 is 0 Å². The first-order valence-electron chi connectivity index (χ1n) is 8.97. The topological polar surface area (TPSA) is 18.5 Å². The third kappa shape index (κ3) is 5.17. The van der Waals surface area contributed by atoms with Crippen molar-refractivity contribution in [1.29, 1.82) is 0 Å². The molecule has 0 bridgehead atoms. The van der Waals surface area contributed by atoms with Gasteiger partial charge in [0, 0.05) is 5.41 Å². The molecule has 0 amide bonds. The van der Waals surface area contributed by atoms with Gasteiger partial charge in [0.2, 0.25) is 0 Å². The van der Waals surface area contributed by atoms with Gasteiger partial charge in [0.1, 0.15) is 0 Å². The molecule has 27 heavy (non-hydrogen) atoms. The lowest BCUT2D eigenvalue weighted by molar-refractivity contribution is 0.317. The minimum absolute atomic E-state index is 0.423. The van der Waals surface area contributed by atoms with Gasteiger partial charge in [0.05, 0.1) is 33.3 Å². The first-order valence-corrected chi connectivity index (χ1v) is 10.5. The van der Waals surface area contributed by atoms with Gasteiger partial charge in [-0.3, -0.25) is 0 Å². The summed E-state index contributed by atoms with van der Waals surface area (Å²) in [4.78, 5) is 0. The quantitative estimate of drug-likeness (QED) is 0.404. The summed E-state index contributed by atoms with van der Waals surface area (Å²) in [6.45, 7) is 9.31. The van der Waals surface area contributed by atoms with E-state index in [0.29, 0.717) is 44.8 Å². The molecule has 0 atom stereocenters. The second-order valence-corrected chi connectivity index (χ2v) is 8.49. The number of ether oxygens (including phenoxy) is 2. The molecule has 6 heteroatoms. The Labute approximate surface area is 181 Å². The summed E-state index contributed by atoms with van der Waals surface area (Å²) >= 11 is 25.7. The number of hydrogen-bond acceptors (Lipinski definition) is 2. The number of halogens is 4. The van der Waals surface area contributed by atoms with E-state index in [-0.39, 0.29) is 0 Å². The largest absolute Gasteiger partial charge is 0.490 e. The van der Waals surface area contributed by atoms with Crippen LogP contribution in [-0.4, -0.2) is 13.2 Å². The fraction of sp³-hybridized carbons (Fsp3) is 0.429. The monoisotopic (exact) mass is 448 g/mol. The molecule has 0 aromatic heterocycles. The van der Waals surface area contributed by atoms with Gasteiger partial charge in [-0.15, -0.1) is 0 Å². The van der Waals surface area contributed by atoms with E-state index in [2.05, 4.69) is 13.8 Å². The number of rotatable bonds is 8. The van der Waals surface area contributed by atoms with Gasteiger partial charge in [-0.2, -0.15) is 0 Å². The highest BCUT2D eigenvalue weighted by molar-refractivity contribution is 6.38. The lowest BCUT2D eigenvalue weighted by Crippen LogP contribution is -2.19. The average Bonchev–Trinajstić information content (AvgIpc) is 2.60. The van der Waals surface area contributed by atoms with Gasteiger partial charge in [-0.25, -0.2) is 0 Å². The number of benzene rings is 2. The Kier molecular flexibility index (Phi) is 8.00. The molecule has 0 fully saturated rings. The van der Waals surface area contributed by atoms with E-state index < -0.39 is 5.41 Å². The molecule has 0 radical (unpaired) electrons. The molecule has 0 N–H and O–H groups in total. The second kappa shape index (κ2) is 9.60. The summed E-state index contributed by atoms with van der Waals surface area (Å²) in [5, 5.41) is 1.94. The first-order chi connectivity index (χ1) is 12.7. The van der Waals surface area contributed by atoms with Gasteiger partial charge in [0.15, 0.2) is 11.5 Å². The Hall–Kier alpha value is -0.800. The van der Waals surface area contributed by atoms with Crippen molar-refractivity contribution in [3.05, 3.63) is 55.5 Å². The Morgan fingerprint density at radius 3 is 1.22 bits per heavy atom. The van der Waals surface area contributed by atoms with Crippen molar-refractivity contribution in [2.45, 2.75) is 46.0 Å². The zero-order valence-electron chi connectivity index (χ0n) is 16.0. The third-order valence-corrected chi connectivity index (χ3v) is 5.46. The molecule has 0 spiro atoms. The van der Waals surface area contributed by atoms with Gasteiger partial charge in [0.25, 0.3) is 0 Å². The molecule has 0 saturated carbocycles. The Morgan fingerprint density at radius 2 is 0.963 bits per heavy atom. The predicted molar refractivity (Wildman–Crippen MR) is 117 cm³/mol. The highest BCUT2D eigenvalue weighted by Gasteiger charge is 2.27. The summed E-state index contributed by atoms with van der Waals surface area (Å²) in [6.07, 6.45) is 1.76. The van der Waals surface area contributed by atoms with E-state index in [0.717, 1.165) is 24.0 Å². The molecule has 2 rings (SSSR count). The van der Waals surface area contributed by atoms with Gasteiger partial charge in [-0.05, 0) is 48.2 Å². The minimum Gasteiger partial charge on any atom is -0.490 e. The van der Waals surface area contributed by atoms with Crippen LogP contribution in [0.5, 0.6) is 11.5 Å². The summed E-state index contributed by atoms with van der Waals surface area (Å²) < 4.78 is 11.3. The maximum Gasteiger partial charge on any atom is 0.156 e. The van der Waals surface area contributed by atoms with Crippen LogP contribution in [-0.2, 0) is 5.41 Å². The summed E-state index contributed by atoms with van der Waals surface area (Å²) in [5.74, 6) is 1.03. The molecule has 0 unspecified atom stereocenters. The molecule has 2 aromatic carbocycles. The molecule has 0 aliphatic heterocycles. The molecule has 148 valence electrons. The molecule has 0 saturated heterocycles. The van der Waals surface area contributed by atoms with Crippen molar-refractivity contribution < 1.29 is 9.47 Å². The number of hydrogen-bond donors (Lipinski definition) is 0. The van der Waals surface area contributed by atoms with E-state index in [4.69, 9.17) is 55.9 Å². The van der Waals surface area contributed by atoms with Crippen LogP contribution < -0.4 is 9.47 Å². The van der Waals surface area contributed by atoms with Crippen LogP contribution in [0.3, 0.4) is 0 Å². The first kappa shape index (κ1) is 22.5. The van der Waals surface area contributed by atoms with Crippen LogP contribution in [0.2, 0.25) is 20.1 Å². The zero-order valence-corrected chi connectivity index (χ0v) is 19.0. The summed E-state index contributed by atoms with van der Waals surface area (Å²) in [5.41, 5.74) is 1.46. The van der Waals surface area contributed by atoms with Crippen molar-refractivity contribution in [3.8, 4) is 11.5 Å². The lowest BCUT2D eigenvalue weighted by Gasteiger charge is -2.28. The van der Waals surface area contributed by atoms with Crippen molar-refractivity contribution in [2.75, 3.05) is 13.2 Å². The smallest absolute Gasteiger partial charge is 0.156 e. The van der Waals surface area contributed by atoms with Crippen LogP contribution in [0.4, 0.5) is 0 Å². The lowest BCUT2D eigenvalue weighted by atomic mass is 9.78. The van der Waals surface area contributed by atoms with E-state index in [1.807, 2.05) is 38.1 Å². The van der Waals surface area contributed by atoms with Gasteiger partial charge in [-0.1, -0.05) is 74.1 Å². The molecule has 0 heterocycles. The molecular weight excluding hydrogens is 426 g/mol. The summed E-state index contributed by atoms with van der Waals surface area (Å²) in [7, 11) is 0. The molecule has 0 aliphatic carbocycles. The molecule has 2 aromatic rings. The van der Waals surface area contributed by atoms with E-state index >= 15 is 0 Å². The van der Waals surface area contributed by atoms with E-state index in [9.17, 15) is 0 Å². The minimum atomic E-state index is -0.423. The fourth-order valence-electron chi connectivity index (χ4n) is 2.69. The highest BCUT2D eigenvalue weighted by Crippen LogP contribution is 2.43. The highest BCUT2D eigenvalue weighted by atomic mass is 35.5. The van der Waals surface area contributed by atoms with Crippen LogP contribution in [0.25, 0.3) is 0 Å². The third-order valence-electron chi connectivity index (χ3n) is 4.34. The predicted octanol–water partition coefficient (Wildman–Crippen LogP) is 8.20. The van der Waals surface area contributed by atoms with Gasteiger partial charge < -0.3 is 9.47 Å². The maximum atomic E-state index is 6.43. The maximum absolute atomic E-state index is 6.43. The molecule has 2 nitrogen and oxygen atoms in total. The Balaban J connectivity index is 2.43. The Bertz CT molecular complexity index is 691. The SMILES string of the molecule is CCCOc1c(Cl)cc(C(C)(C)c2cc(Cl)c(OCCC)c(Cl)c2)cc1Cl. The molecular formula is C21H24Cl4O2. The standard InChI is InChI=1S/C21H24Cl4O2/c1-5-7-26-19-15(22)9-13(10-16(19)23)21(3,4)14-11-17(24)20(18(25)12-14)27-8-6-2/h9-12H,5-8H2,1-4H3. The van der Waals surface area contributed by atoms with Crippen LogP contribution in [0.15, 0.2) is 24.3 Å². The van der Waals surface area contributed by atoms with Crippen LogP contribution in [0, 0.1) is 0 Å². The molecule has 0 aliphatic rings. The van der Waals surface area contributed by atoms with Crippen molar-refractivity contribution >= 4 is 46.4 Å². The van der Waals surface area contributed by atoms with Crippen LogP contribution in [0.1, 0.15) is 51.7 Å². The zero-order chi connectivity index (χ0) is 20.2. The second-order valence-electron chi connectivity index (χ2n) is 6.86. The van der Waals surface area contributed by atoms with Crippen LogP contribution >= 0.6 is 46.4 Å². The van der Waals surface area contributed by atoms with E-state index in [1.54, 1.807) is 0 Å².